The van der Waals surface area contributed by atoms with Crippen LogP contribution in [0.25, 0.3) is 0 Å². The summed E-state index contributed by atoms with van der Waals surface area (Å²) < 4.78 is 56.0. The third-order valence-corrected chi connectivity index (χ3v) is 7.09. The maximum atomic E-state index is 12.9. The maximum absolute atomic E-state index is 12.9. The van der Waals surface area contributed by atoms with Crippen LogP contribution in [0.15, 0.2) is 57.9 Å². The van der Waals surface area contributed by atoms with Crippen molar-refractivity contribution in [3.63, 3.8) is 0 Å². The van der Waals surface area contributed by atoms with E-state index in [0.29, 0.717) is 49.1 Å². The van der Waals surface area contributed by atoms with Gasteiger partial charge in [0, 0.05) is 19.0 Å². The molecule has 3 aromatic rings. The molecule has 1 aromatic heterocycles. The van der Waals surface area contributed by atoms with Gasteiger partial charge in [0.15, 0.2) is 12.4 Å². The largest absolute Gasteiger partial charge is 0.497 e. The Morgan fingerprint density at radius 1 is 1.06 bits per heavy atom. The van der Waals surface area contributed by atoms with Crippen molar-refractivity contribution in [2.45, 2.75) is 30.3 Å². The van der Waals surface area contributed by atoms with Gasteiger partial charge in [0.1, 0.15) is 17.3 Å². The molecule has 8 nitrogen and oxygen atoms in total. The van der Waals surface area contributed by atoms with Gasteiger partial charge in [-0.3, -0.25) is 0 Å². The second kappa shape index (κ2) is 9.03. The van der Waals surface area contributed by atoms with E-state index in [1.165, 1.54) is 35.7 Å². The molecule has 1 aliphatic heterocycles. The summed E-state index contributed by atoms with van der Waals surface area (Å²) in [7, 11) is -2.03. The van der Waals surface area contributed by atoms with Crippen LogP contribution in [0, 0.1) is 5.82 Å². The fourth-order valence-electron chi connectivity index (χ4n) is 3.42. The average Bonchev–Trinajstić information content (AvgIpc) is 3.28. The number of hydrogen-bond acceptors (Lipinski definition) is 7. The number of aromatic nitrogens is 2. The maximum Gasteiger partial charge on any atom is 0.264 e. The van der Waals surface area contributed by atoms with Gasteiger partial charge in [-0.05, 0) is 61.4 Å². The molecule has 2 heterocycles. The highest BCUT2D eigenvalue weighted by Gasteiger charge is 2.31. The van der Waals surface area contributed by atoms with Crippen LogP contribution in [-0.2, 0) is 16.6 Å². The topological polar surface area (TPSA) is 94.8 Å². The number of ether oxygens (including phenoxy) is 2. The van der Waals surface area contributed by atoms with E-state index in [-0.39, 0.29) is 23.2 Å². The van der Waals surface area contributed by atoms with E-state index < -0.39 is 10.0 Å². The Bertz CT molecular complexity index is 1110. The number of sulfonamides is 1. The molecule has 0 unspecified atom stereocenters. The summed E-state index contributed by atoms with van der Waals surface area (Å²) in [6, 6.07) is 12.0. The zero-order valence-corrected chi connectivity index (χ0v) is 17.7. The highest BCUT2D eigenvalue weighted by molar-refractivity contribution is 7.89. The van der Waals surface area contributed by atoms with Gasteiger partial charge in [-0.2, -0.15) is 9.29 Å². The van der Waals surface area contributed by atoms with Crippen molar-refractivity contribution in [1.29, 1.82) is 0 Å². The molecule has 0 spiro atoms. The standard InChI is InChI=1S/C21H22FN3O5S/c1-28-17-6-8-19(9-7-17)31(26,27)25-12-10-15(11-13-25)21-23-20(30-24-21)14-29-18-4-2-16(22)3-5-18/h2-9,15H,10-14H2,1H3. The predicted octanol–water partition coefficient (Wildman–Crippen LogP) is 3.36. The summed E-state index contributed by atoms with van der Waals surface area (Å²) >= 11 is 0. The summed E-state index contributed by atoms with van der Waals surface area (Å²) in [5.74, 6) is 1.62. The smallest absolute Gasteiger partial charge is 0.264 e. The number of piperidine rings is 1. The first-order valence-corrected chi connectivity index (χ1v) is 11.2. The Labute approximate surface area is 179 Å². The van der Waals surface area contributed by atoms with Gasteiger partial charge in [0.2, 0.25) is 10.0 Å². The Morgan fingerprint density at radius 2 is 1.71 bits per heavy atom. The molecule has 0 aliphatic carbocycles. The van der Waals surface area contributed by atoms with E-state index in [9.17, 15) is 12.8 Å². The van der Waals surface area contributed by atoms with Gasteiger partial charge in [0.05, 0.1) is 12.0 Å². The molecule has 1 fully saturated rings. The molecule has 0 atom stereocenters. The lowest BCUT2D eigenvalue weighted by atomic mass is 9.98. The van der Waals surface area contributed by atoms with Crippen LogP contribution in [0.1, 0.15) is 30.5 Å². The molecule has 0 radical (unpaired) electrons. The lowest BCUT2D eigenvalue weighted by molar-refractivity contribution is 0.241. The van der Waals surface area contributed by atoms with Gasteiger partial charge in [0.25, 0.3) is 5.89 Å². The zero-order valence-electron chi connectivity index (χ0n) is 16.9. The summed E-state index contributed by atoms with van der Waals surface area (Å²) in [6.45, 7) is 0.813. The molecule has 0 saturated carbocycles. The number of hydrogen-bond donors (Lipinski definition) is 0. The van der Waals surface area contributed by atoms with Crippen molar-refractivity contribution in [3.8, 4) is 11.5 Å². The molecule has 1 aliphatic rings. The highest BCUT2D eigenvalue weighted by Crippen LogP contribution is 2.30. The van der Waals surface area contributed by atoms with E-state index in [2.05, 4.69) is 10.1 Å². The fourth-order valence-corrected chi connectivity index (χ4v) is 4.89. The van der Waals surface area contributed by atoms with E-state index in [1.54, 1.807) is 24.3 Å². The Kier molecular flexibility index (Phi) is 6.19. The van der Waals surface area contributed by atoms with Crippen LogP contribution in [0.5, 0.6) is 11.5 Å². The molecule has 4 rings (SSSR count). The third kappa shape index (κ3) is 4.86. The zero-order chi connectivity index (χ0) is 21.8. The first-order valence-electron chi connectivity index (χ1n) is 9.81. The monoisotopic (exact) mass is 447 g/mol. The first kappa shape index (κ1) is 21.3. The van der Waals surface area contributed by atoms with Crippen molar-refractivity contribution in [1.82, 2.24) is 14.4 Å². The van der Waals surface area contributed by atoms with E-state index >= 15 is 0 Å². The third-order valence-electron chi connectivity index (χ3n) is 5.18. The van der Waals surface area contributed by atoms with E-state index in [1.807, 2.05) is 0 Å². The van der Waals surface area contributed by atoms with Crippen molar-refractivity contribution in [3.05, 3.63) is 66.1 Å². The van der Waals surface area contributed by atoms with Gasteiger partial charge in [-0.1, -0.05) is 5.16 Å². The highest BCUT2D eigenvalue weighted by atomic mass is 32.2. The van der Waals surface area contributed by atoms with Crippen LogP contribution in [0.3, 0.4) is 0 Å². The summed E-state index contributed by atoms with van der Waals surface area (Å²) in [6.07, 6.45) is 1.18. The second-order valence-electron chi connectivity index (χ2n) is 7.14. The van der Waals surface area contributed by atoms with E-state index in [4.69, 9.17) is 14.0 Å². The van der Waals surface area contributed by atoms with Crippen molar-refractivity contribution in [2.75, 3.05) is 20.2 Å². The van der Waals surface area contributed by atoms with Crippen molar-refractivity contribution < 1.29 is 26.8 Å². The lowest BCUT2D eigenvalue weighted by Gasteiger charge is -2.29. The van der Waals surface area contributed by atoms with Crippen LogP contribution >= 0.6 is 0 Å². The van der Waals surface area contributed by atoms with E-state index in [0.717, 1.165) is 0 Å². The van der Waals surface area contributed by atoms with Crippen molar-refractivity contribution >= 4 is 10.0 Å². The summed E-state index contributed by atoms with van der Waals surface area (Å²) in [5, 5.41) is 4.02. The molecule has 31 heavy (non-hydrogen) atoms. The molecule has 10 heteroatoms. The summed E-state index contributed by atoms with van der Waals surface area (Å²) in [5.41, 5.74) is 0. The minimum atomic E-state index is -3.56. The molecule has 164 valence electrons. The normalized spacial score (nSPS) is 15.7. The number of methoxy groups -OCH3 is 1. The quantitative estimate of drug-likeness (QED) is 0.548. The second-order valence-corrected chi connectivity index (χ2v) is 9.08. The molecular weight excluding hydrogens is 425 g/mol. The lowest BCUT2D eigenvalue weighted by Crippen LogP contribution is -2.38. The summed E-state index contributed by atoms with van der Waals surface area (Å²) in [4.78, 5) is 4.61. The first-order chi connectivity index (χ1) is 15.0. The van der Waals surface area contributed by atoms with Crippen molar-refractivity contribution in [2.24, 2.45) is 0 Å². The van der Waals surface area contributed by atoms with Gasteiger partial charge < -0.3 is 14.0 Å². The Hall–Kier alpha value is -2.98. The predicted molar refractivity (Wildman–Crippen MR) is 109 cm³/mol. The van der Waals surface area contributed by atoms with Gasteiger partial charge in [-0.15, -0.1) is 0 Å². The minimum absolute atomic E-state index is 0.00522. The molecule has 0 N–H and O–H groups in total. The van der Waals surface area contributed by atoms with Crippen LogP contribution in [0.2, 0.25) is 0 Å². The molecule has 0 amide bonds. The number of nitrogens with zero attached hydrogens (tertiary/aromatic N) is 3. The van der Waals surface area contributed by atoms with Crippen LogP contribution < -0.4 is 9.47 Å². The molecule has 0 bridgehead atoms. The van der Waals surface area contributed by atoms with Crippen LogP contribution in [0.4, 0.5) is 4.39 Å². The van der Waals surface area contributed by atoms with Gasteiger partial charge >= 0.3 is 0 Å². The Balaban J connectivity index is 1.33. The van der Waals surface area contributed by atoms with Gasteiger partial charge in [-0.25, -0.2) is 12.8 Å². The Morgan fingerprint density at radius 3 is 2.35 bits per heavy atom. The molecule has 1 saturated heterocycles. The number of halogens is 1. The average molecular weight is 447 g/mol. The molecule has 2 aromatic carbocycles. The van der Waals surface area contributed by atoms with Crippen LogP contribution in [-0.4, -0.2) is 43.1 Å². The number of benzene rings is 2. The molecular formula is C21H22FN3O5S. The minimum Gasteiger partial charge on any atom is -0.497 e. The number of rotatable bonds is 7. The SMILES string of the molecule is COc1ccc(S(=O)(=O)N2CCC(c3noc(COc4ccc(F)cc4)n3)CC2)cc1. The fraction of sp³-hybridized carbons (Fsp3) is 0.333.